The minimum atomic E-state index is -1.65. The summed E-state index contributed by atoms with van der Waals surface area (Å²) in [5.74, 6) is -5.06. The molecule has 0 aromatic heterocycles. The van der Waals surface area contributed by atoms with E-state index in [4.69, 9.17) is 10.2 Å². The second-order valence-electron chi connectivity index (χ2n) is 11.4. The third kappa shape index (κ3) is 15.2. The van der Waals surface area contributed by atoms with Crippen molar-refractivity contribution in [1.29, 1.82) is 0 Å². The molecule has 1 aromatic rings. The molecule has 19 heteroatoms. The minimum Gasteiger partial charge on any atom is -0.480 e. The van der Waals surface area contributed by atoms with E-state index in [1.165, 1.54) is 11.8 Å². The Hall–Kier alpha value is -4.14. The quantitative estimate of drug-likeness (QED) is 0.0401. The molecule has 0 unspecified atom stereocenters. The van der Waals surface area contributed by atoms with Crippen LogP contribution in [0.15, 0.2) is 24.3 Å². The van der Waals surface area contributed by atoms with E-state index in [-0.39, 0.29) is 77.9 Å². The molecule has 18 nitrogen and oxygen atoms in total. The third-order valence-electron chi connectivity index (χ3n) is 7.57. The molecule has 0 bridgehead atoms. The Labute approximate surface area is 278 Å². The van der Waals surface area contributed by atoms with Crippen molar-refractivity contribution in [2.24, 2.45) is 0 Å². The van der Waals surface area contributed by atoms with E-state index in [2.05, 4.69) is 21.3 Å². The van der Waals surface area contributed by atoms with Crippen molar-refractivity contribution in [1.82, 2.24) is 36.0 Å². The van der Waals surface area contributed by atoms with Gasteiger partial charge < -0.3 is 51.5 Å². The monoisotopic (exact) mass is 679 g/mol. The number of nitrogens with one attached hydrogen (secondary N) is 4. The van der Waals surface area contributed by atoms with Crippen molar-refractivity contribution in [2.75, 3.05) is 72.0 Å². The molecule has 2 atom stereocenters. The van der Waals surface area contributed by atoms with E-state index < -0.39 is 48.8 Å². The normalized spacial score (nSPS) is 14.9. The Kier molecular flexibility index (Phi) is 17.5. The first kappa shape index (κ1) is 40.0. The second-order valence-corrected chi connectivity index (χ2v) is 11.4. The lowest BCUT2D eigenvalue weighted by molar-refractivity contribution is -0.140. The third-order valence-corrected chi connectivity index (χ3v) is 7.57. The molecule has 0 aliphatic carbocycles. The molecule has 1 aromatic carbocycles. The lowest BCUT2D eigenvalue weighted by Gasteiger charge is -2.27. The van der Waals surface area contributed by atoms with Crippen LogP contribution in [0.5, 0.6) is 0 Å². The Morgan fingerprint density at radius 1 is 0.854 bits per heavy atom. The lowest BCUT2D eigenvalue weighted by atomic mass is 9.78. The fraction of sp³-hybridized carbons (Fsp3) is 0.586. The van der Waals surface area contributed by atoms with E-state index in [0.29, 0.717) is 24.9 Å². The predicted molar refractivity (Wildman–Crippen MR) is 172 cm³/mol. The molecule has 3 amide bonds. The Morgan fingerprint density at radius 3 is 1.94 bits per heavy atom. The van der Waals surface area contributed by atoms with E-state index in [1.54, 1.807) is 34.1 Å². The summed E-state index contributed by atoms with van der Waals surface area (Å²) in [5, 5.41) is 57.1. The van der Waals surface area contributed by atoms with E-state index in [0.717, 1.165) is 5.56 Å². The summed E-state index contributed by atoms with van der Waals surface area (Å²) in [7, 11) is -1.65. The minimum absolute atomic E-state index is 0.0428. The topological polar surface area (TPSA) is 261 Å². The number of amides is 3. The molecule has 0 saturated carbocycles. The number of rotatable bonds is 23. The summed E-state index contributed by atoms with van der Waals surface area (Å²) in [5.41, 5.74) is 1.02. The highest BCUT2D eigenvalue weighted by atomic mass is 16.4. The molecule has 2 rings (SSSR count). The van der Waals surface area contributed by atoms with Crippen LogP contribution in [0, 0.1) is 0 Å². The van der Waals surface area contributed by atoms with Gasteiger partial charge in [0.15, 0.2) is 0 Å². The van der Waals surface area contributed by atoms with Crippen molar-refractivity contribution in [2.45, 2.75) is 38.3 Å². The van der Waals surface area contributed by atoms with E-state index in [1.807, 2.05) is 0 Å². The zero-order chi connectivity index (χ0) is 35.6. The van der Waals surface area contributed by atoms with Gasteiger partial charge in [-0.25, -0.2) is 0 Å². The second kappa shape index (κ2) is 21.0. The maximum Gasteiger partial charge on any atom is 0.475 e. The van der Waals surface area contributed by atoms with Crippen LogP contribution in [0.3, 0.4) is 0 Å². The molecule has 0 radical (unpaired) electrons. The SMILES string of the molecule is C[C@@H](NC(=O)c1ccc(CNC(=O)CNCCN(CCN(CCNCC(=O)O)CC(=O)O)CC(=O)O)cc1)C(=O)N1CCC[C@H]1B(O)O. The Morgan fingerprint density at radius 2 is 1.42 bits per heavy atom. The van der Waals surface area contributed by atoms with Gasteiger partial charge in [0.25, 0.3) is 5.91 Å². The Bertz CT molecular complexity index is 1240. The standard InChI is InChI=1S/C29H46BN7O11/c1-20(29(46)37-10-2-3-23(37)30(47)48)34-28(45)22-6-4-21(5-7-22)15-33-24(38)16-31-8-11-35(18-26(41)42)13-14-36(19-27(43)44)12-9-32-17-25(39)40/h4-7,20,23,31-32,47-48H,2-3,8-19H2,1H3,(H,33,38)(H,34,45)(H,39,40)(H,41,42)(H,43,44)/t20-,23+/m1/s1. The van der Waals surface area contributed by atoms with Gasteiger partial charge >= 0.3 is 25.0 Å². The molecule has 1 aliphatic heterocycles. The number of benzene rings is 1. The van der Waals surface area contributed by atoms with Crippen molar-refractivity contribution < 1.29 is 54.1 Å². The maximum atomic E-state index is 12.7. The van der Waals surface area contributed by atoms with Gasteiger partial charge in [-0.05, 0) is 37.5 Å². The highest BCUT2D eigenvalue weighted by Crippen LogP contribution is 2.19. The number of hydrogen-bond donors (Lipinski definition) is 9. The van der Waals surface area contributed by atoms with Crippen molar-refractivity contribution >= 4 is 42.7 Å². The summed E-state index contributed by atoms with van der Waals surface area (Å²) in [4.78, 5) is 75.4. The highest BCUT2D eigenvalue weighted by molar-refractivity contribution is 6.43. The van der Waals surface area contributed by atoms with Crippen LogP contribution in [-0.4, -0.2) is 167 Å². The summed E-state index contributed by atoms with van der Waals surface area (Å²) < 4.78 is 0. The summed E-state index contributed by atoms with van der Waals surface area (Å²) in [6.45, 7) is 2.74. The molecule has 1 aliphatic rings. The molecule has 1 heterocycles. The number of nitrogens with zero attached hydrogens (tertiary/aromatic N) is 3. The van der Waals surface area contributed by atoms with Gasteiger partial charge in [-0.3, -0.25) is 38.6 Å². The van der Waals surface area contributed by atoms with Crippen LogP contribution in [-0.2, 0) is 30.5 Å². The fourth-order valence-electron chi connectivity index (χ4n) is 5.08. The molecule has 1 saturated heterocycles. The largest absolute Gasteiger partial charge is 0.480 e. The van der Waals surface area contributed by atoms with Crippen LogP contribution in [0.2, 0.25) is 0 Å². The van der Waals surface area contributed by atoms with Crippen LogP contribution in [0.1, 0.15) is 35.7 Å². The van der Waals surface area contributed by atoms with Crippen LogP contribution < -0.4 is 21.3 Å². The van der Waals surface area contributed by atoms with Crippen LogP contribution in [0.25, 0.3) is 0 Å². The molecular weight excluding hydrogens is 633 g/mol. The van der Waals surface area contributed by atoms with Gasteiger partial charge in [0, 0.05) is 57.9 Å². The van der Waals surface area contributed by atoms with Crippen molar-refractivity contribution in [3.8, 4) is 0 Å². The van der Waals surface area contributed by atoms with Gasteiger partial charge in [0.05, 0.1) is 32.1 Å². The highest BCUT2D eigenvalue weighted by Gasteiger charge is 2.38. The van der Waals surface area contributed by atoms with Gasteiger partial charge in [-0.1, -0.05) is 12.1 Å². The summed E-state index contributed by atoms with van der Waals surface area (Å²) in [6, 6.07) is 5.57. The lowest BCUT2D eigenvalue weighted by Crippen LogP contribution is -2.52. The number of likely N-dealkylation sites (tertiary alicyclic amines) is 1. The predicted octanol–water partition coefficient (Wildman–Crippen LogP) is -3.54. The summed E-state index contributed by atoms with van der Waals surface area (Å²) in [6.07, 6.45) is 1.11. The molecular formula is C29H46BN7O11. The maximum absolute atomic E-state index is 12.7. The molecule has 0 spiro atoms. The number of carboxylic acids is 3. The number of carbonyl (C=O) groups excluding carboxylic acids is 3. The molecule has 9 N–H and O–H groups in total. The zero-order valence-corrected chi connectivity index (χ0v) is 27.0. The first-order valence-electron chi connectivity index (χ1n) is 15.6. The van der Waals surface area contributed by atoms with E-state index in [9.17, 15) is 43.9 Å². The Balaban J connectivity index is 1.73. The van der Waals surface area contributed by atoms with Gasteiger partial charge in [-0.15, -0.1) is 0 Å². The van der Waals surface area contributed by atoms with Crippen LogP contribution >= 0.6 is 0 Å². The number of hydrogen-bond acceptors (Lipinski definition) is 12. The first-order chi connectivity index (χ1) is 22.8. The average Bonchev–Trinajstić information content (AvgIpc) is 3.52. The zero-order valence-electron chi connectivity index (χ0n) is 27.0. The fourth-order valence-corrected chi connectivity index (χ4v) is 5.08. The summed E-state index contributed by atoms with van der Waals surface area (Å²) >= 11 is 0. The van der Waals surface area contributed by atoms with Crippen molar-refractivity contribution in [3.63, 3.8) is 0 Å². The van der Waals surface area contributed by atoms with Gasteiger partial charge in [0.2, 0.25) is 11.8 Å². The molecule has 1 fully saturated rings. The van der Waals surface area contributed by atoms with Gasteiger partial charge in [0.1, 0.15) is 6.04 Å². The molecule has 266 valence electrons. The number of carbonyl (C=O) groups is 6. The average molecular weight is 680 g/mol. The van der Waals surface area contributed by atoms with Crippen molar-refractivity contribution in [3.05, 3.63) is 35.4 Å². The van der Waals surface area contributed by atoms with Crippen LogP contribution in [0.4, 0.5) is 0 Å². The number of carboxylic acid groups (broad SMARTS) is 3. The van der Waals surface area contributed by atoms with E-state index >= 15 is 0 Å². The number of aliphatic carboxylic acids is 3. The first-order valence-corrected chi connectivity index (χ1v) is 15.6. The molecule has 48 heavy (non-hydrogen) atoms. The van der Waals surface area contributed by atoms with Gasteiger partial charge in [-0.2, -0.15) is 0 Å². The smallest absolute Gasteiger partial charge is 0.475 e.